The van der Waals surface area contributed by atoms with Crippen LogP contribution in [0.25, 0.3) is 0 Å². The van der Waals surface area contributed by atoms with Crippen molar-refractivity contribution in [3.63, 3.8) is 0 Å². The van der Waals surface area contributed by atoms with E-state index in [1.165, 1.54) is 24.2 Å². The fraction of sp³-hybridized carbons (Fsp3) is 0.643. The van der Waals surface area contributed by atoms with Crippen molar-refractivity contribution in [2.75, 3.05) is 5.32 Å². The maximum atomic E-state index is 12.2. The zero-order valence-electron chi connectivity index (χ0n) is 11.3. The van der Waals surface area contributed by atoms with Gasteiger partial charge in [0.25, 0.3) is 0 Å². The summed E-state index contributed by atoms with van der Waals surface area (Å²) in [6, 6.07) is 0. The number of aromatic nitrogens is 1. The van der Waals surface area contributed by atoms with Gasteiger partial charge in [-0.1, -0.05) is 0 Å². The molecule has 1 aromatic rings. The van der Waals surface area contributed by atoms with Crippen molar-refractivity contribution in [3.8, 4) is 0 Å². The smallest absolute Gasteiger partial charge is 0.229 e. The van der Waals surface area contributed by atoms with Crippen LogP contribution in [-0.2, 0) is 9.59 Å². The van der Waals surface area contributed by atoms with Crippen molar-refractivity contribution in [1.29, 1.82) is 0 Å². The van der Waals surface area contributed by atoms with Crippen LogP contribution >= 0.6 is 11.3 Å². The number of thiazole rings is 1. The van der Waals surface area contributed by atoms with Crippen molar-refractivity contribution in [2.45, 2.75) is 44.4 Å². The molecule has 2 aliphatic rings. The maximum absolute atomic E-state index is 12.2. The number of carbonyl (C=O) groups excluding carboxylic acids is 2. The Balaban J connectivity index is 1.52. The van der Waals surface area contributed by atoms with E-state index in [1.54, 1.807) is 0 Å². The molecule has 5 nitrogen and oxygen atoms in total. The Labute approximate surface area is 122 Å². The average molecular weight is 293 g/mol. The number of hydrogen-bond donors (Lipinski definition) is 2. The third-order valence-electron chi connectivity index (χ3n) is 4.25. The maximum Gasteiger partial charge on any atom is 0.229 e. The molecule has 0 atom stereocenters. The van der Waals surface area contributed by atoms with Crippen molar-refractivity contribution >= 4 is 28.3 Å². The Morgan fingerprint density at radius 3 is 2.40 bits per heavy atom. The summed E-state index contributed by atoms with van der Waals surface area (Å²) in [6.45, 7) is 0. The lowest BCUT2D eigenvalue weighted by Crippen LogP contribution is -2.32. The monoisotopic (exact) mass is 293 g/mol. The Hall–Kier alpha value is -1.43. The molecule has 0 radical (unpaired) electrons. The van der Waals surface area contributed by atoms with E-state index in [0.29, 0.717) is 11.0 Å². The second kappa shape index (κ2) is 5.52. The quantitative estimate of drug-likeness (QED) is 0.892. The summed E-state index contributed by atoms with van der Waals surface area (Å²) in [5.74, 6) is 0.338. The first-order valence-corrected chi connectivity index (χ1v) is 8.07. The number of rotatable bonds is 4. The Kier molecular flexibility index (Phi) is 3.74. The SMILES string of the molecule is NC(=O)C1CCC(C(=O)Nc2nc(C3CC3)cs2)CC1. The van der Waals surface area contributed by atoms with Gasteiger partial charge in [-0.3, -0.25) is 9.59 Å². The van der Waals surface area contributed by atoms with Crippen LogP contribution in [-0.4, -0.2) is 16.8 Å². The van der Waals surface area contributed by atoms with Crippen molar-refractivity contribution in [3.05, 3.63) is 11.1 Å². The number of primary amides is 1. The zero-order chi connectivity index (χ0) is 14.1. The standard InChI is InChI=1S/C14H19N3O2S/c15-12(18)9-3-5-10(6-4-9)13(19)17-14-16-11(7-20-14)8-1-2-8/h7-10H,1-6H2,(H2,15,18)(H,16,17,19). The van der Waals surface area contributed by atoms with Gasteiger partial charge in [-0.25, -0.2) is 4.98 Å². The van der Waals surface area contributed by atoms with Gasteiger partial charge in [0, 0.05) is 23.1 Å². The van der Waals surface area contributed by atoms with Crippen LogP contribution in [0.2, 0.25) is 0 Å². The Morgan fingerprint density at radius 2 is 1.80 bits per heavy atom. The van der Waals surface area contributed by atoms with E-state index in [-0.39, 0.29) is 23.7 Å². The molecular weight excluding hydrogens is 274 g/mol. The van der Waals surface area contributed by atoms with Gasteiger partial charge >= 0.3 is 0 Å². The summed E-state index contributed by atoms with van der Waals surface area (Å²) in [5.41, 5.74) is 6.42. The number of nitrogens with zero attached hydrogens (tertiary/aromatic N) is 1. The van der Waals surface area contributed by atoms with Gasteiger partial charge in [0.2, 0.25) is 11.8 Å². The molecular formula is C14H19N3O2S. The third-order valence-corrected chi connectivity index (χ3v) is 5.02. The second-order valence-electron chi connectivity index (χ2n) is 5.79. The largest absolute Gasteiger partial charge is 0.369 e. The van der Waals surface area contributed by atoms with Crippen LogP contribution in [0.5, 0.6) is 0 Å². The number of hydrogen-bond acceptors (Lipinski definition) is 4. The van der Waals surface area contributed by atoms with Crippen LogP contribution in [0, 0.1) is 11.8 Å². The van der Waals surface area contributed by atoms with E-state index in [1.807, 2.05) is 5.38 Å². The highest BCUT2D eigenvalue weighted by Crippen LogP contribution is 2.41. The van der Waals surface area contributed by atoms with Crippen molar-refractivity contribution < 1.29 is 9.59 Å². The lowest BCUT2D eigenvalue weighted by atomic mass is 9.81. The summed E-state index contributed by atoms with van der Waals surface area (Å²) >= 11 is 1.50. The summed E-state index contributed by atoms with van der Waals surface area (Å²) in [4.78, 5) is 27.7. The third kappa shape index (κ3) is 3.00. The van der Waals surface area contributed by atoms with E-state index >= 15 is 0 Å². The molecule has 0 unspecified atom stereocenters. The zero-order valence-corrected chi connectivity index (χ0v) is 12.1. The molecule has 3 rings (SSSR count). The summed E-state index contributed by atoms with van der Waals surface area (Å²) in [7, 11) is 0. The Bertz CT molecular complexity index is 516. The predicted octanol–water partition coefficient (Wildman–Crippen LogP) is 2.25. The minimum atomic E-state index is -0.238. The lowest BCUT2D eigenvalue weighted by molar-refractivity contribution is -0.126. The lowest BCUT2D eigenvalue weighted by Gasteiger charge is -2.25. The number of anilines is 1. The van der Waals surface area contributed by atoms with E-state index in [0.717, 1.165) is 31.4 Å². The predicted molar refractivity (Wildman–Crippen MR) is 77.4 cm³/mol. The van der Waals surface area contributed by atoms with E-state index in [4.69, 9.17) is 5.73 Å². The highest BCUT2D eigenvalue weighted by Gasteiger charge is 2.30. The number of nitrogens with one attached hydrogen (secondary N) is 1. The summed E-state index contributed by atoms with van der Waals surface area (Å²) in [6.07, 6.45) is 5.35. The first-order valence-electron chi connectivity index (χ1n) is 7.19. The van der Waals surface area contributed by atoms with Crippen LogP contribution in [0.15, 0.2) is 5.38 Å². The molecule has 0 bridgehead atoms. The molecule has 1 aromatic heterocycles. The number of carbonyl (C=O) groups is 2. The molecule has 6 heteroatoms. The minimum Gasteiger partial charge on any atom is -0.369 e. The van der Waals surface area contributed by atoms with Gasteiger partial charge in [0.15, 0.2) is 5.13 Å². The van der Waals surface area contributed by atoms with Gasteiger partial charge in [-0.2, -0.15) is 0 Å². The highest BCUT2D eigenvalue weighted by atomic mass is 32.1. The molecule has 108 valence electrons. The highest BCUT2D eigenvalue weighted by molar-refractivity contribution is 7.13. The van der Waals surface area contributed by atoms with E-state index < -0.39 is 0 Å². The fourth-order valence-electron chi connectivity index (χ4n) is 2.76. The number of nitrogens with two attached hydrogens (primary N) is 1. The van der Waals surface area contributed by atoms with Gasteiger partial charge in [-0.15, -0.1) is 11.3 Å². The average Bonchev–Trinajstić information content (AvgIpc) is 3.20. The van der Waals surface area contributed by atoms with E-state index in [9.17, 15) is 9.59 Å². The first-order chi connectivity index (χ1) is 9.63. The molecule has 2 amide bonds. The molecule has 0 aliphatic heterocycles. The first kappa shape index (κ1) is 13.5. The molecule has 2 aliphatic carbocycles. The van der Waals surface area contributed by atoms with Gasteiger partial charge in [0.1, 0.15) is 0 Å². The second-order valence-corrected chi connectivity index (χ2v) is 6.65. The molecule has 2 saturated carbocycles. The molecule has 2 fully saturated rings. The van der Waals surface area contributed by atoms with Gasteiger partial charge < -0.3 is 11.1 Å². The topological polar surface area (TPSA) is 85.1 Å². The summed E-state index contributed by atoms with van der Waals surface area (Å²) < 4.78 is 0. The van der Waals surface area contributed by atoms with E-state index in [2.05, 4.69) is 10.3 Å². The number of amides is 2. The van der Waals surface area contributed by atoms with Crippen molar-refractivity contribution in [1.82, 2.24) is 4.98 Å². The fourth-order valence-corrected chi connectivity index (χ4v) is 3.55. The van der Waals surface area contributed by atoms with Gasteiger partial charge in [0.05, 0.1) is 5.69 Å². The Morgan fingerprint density at radius 1 is 1.15 bits per heavy atom. The molecule has 3 N–H and O–H groups in total. The summed E-state index contributed by atoms with van der Waals surface area (Å²) in [5, 5.41) is 5.65. The minimum absolute atomic E-state index is 0.0149. The molecule has 1 heterocycles. The molecule has 0 aromatic carbocycles. The van der Waals surface area contributed by atoms with Crippen LogP contribution in [0.3, 0.4) is 0 Å². The normalized spacial score (nSPS) is 26.2. The molecule has 0 spiro atoms. The molecule has 0 saturated heterocycles. The van der Waals surface area contributed by atoms with Gasteiger partial charge in [-0.05, 0) is 38.5 Å². The molecule has 20 heavy (non-hydrogen) atoms. The van der Waals surface area contributed by atoms with Crippen LogP contribution in [0.1, 0.15) is 50.1 Å². The van der Waals surface area contributed by atoms with Crippen LogP contribution in [0.4, 0.5) is 5.13 Å². The van der Waals surface area contributed by atoms with Crippen molar-refractivity contribution in [2.24, 2.45) is 17.6 Å². The van der Waals surface area contributed by atoms with Crippen LogP contribution < -0.4 is 11.1 Å².